The van der Waals surface area contributed by atoms with Crippen molar-refractivity contribution < 1.29 is 28.6 Å². The Labute approximate surface area is 232 Å². The van der Waals surface area contributed by atoms with Gasteiger partial charge in [0.05, 0.1) is 16.5 Å². The Kier molecular flexibility index (Phi) is 7.51. The number of thioether (sulfide) groups is 1. The van der Waals surface area contributed by atoms with Gasteiger partial charge in [-0.15, -0.1) is 0 Å². The smallest absolute Gasteiger partial charge is 0.293 e. The Balaban J connectivity index is 1.23. The molecule has 1 fully saturated rings. The summed E-state index contributed by atoms with van der Waals surface area (Å²) < 4.78 is 16.2. The fourth-order valence-corrected chi connectivity index (χ4v) is 5.12. The van der Waals surface area contributed by atoms with E-state index >= 15 is 0 Å². The first-order valence-corrected chi connectivity index (χ1v) is 13.0. The monoisotopic (exact) mass is 570 g/mol. The number of nitrogens with zero attached hydrogens (tertiary/aromatic N) is 1. The van der Waals surface area contributed by atoms with Gasteiger partial charge >= 0.3 is 0 Å². The lowest BCUT2D eigenvalue weighted by Gasteiger charge is -2.14. The number of carbonyl (C=O) groups is 3. The summed E-state index contributed by atoms with van der Waals surface area (Å²) in [5.41, 5.74) is 2.86. The van der Waals surface area contributed by atoms with Gasteiger partial charge in [-0.25, -0.2) is 0 Å². The fourth-order valence-electron chi connectivity index (χ4n) is 3.83. The van der Waals surface area contributed by atoms with Crippen LogP contribution in [-0.4, -0.2) is 35.4 Å². The number of carbonyl (C=O) groups excluding carboxylic acids is 3. The number of aryl methyl sites for hydroxylation is 1. The second-order valence-electron chi connectivity index (χ2n) is 8.46. The average molecular weight is 571 g/mol. The number of imide groups is 1. The number of hydrogen-bond acceptors (Lipinski definition) is 7. The zero-order valence-electron chi connectivity index (χ0n) is 20.0. The quantitative estimate of drug-likeness (QED) is 0.334. The van der Waals surface area contributed by atoms with Crippen molar-refractivity contribution in [2.45, 2.75) is 13.5 Å². The molecule has 11 heteroatoms. The predicted octanol–water partition coefficient (Wildman–Crippen LogP) is 6.28. The highest BCUT2D eigenvalue weighted by molar-refractivity contribution is 8.18. The third-order valence-corrected chi connectivity index (χ3v) is 7.21. The molecule has 5 rings (SSSR count). The molecule has 0 aliphatic carbocycles. The van der Waals surface area contributed by atoms with Crippen LogP contribution in [0.1, 0.15) is 16.7 Å². The van der Waals surface area contributed by atoms with Crippen molar-refractivity contribution in [2.24, 2.45) is 0 Å². The zero-order chi connectivity index (χ0) is 26.8. The van der Waals surface area contributed by atoms with Gasteiger partial charge in [0, 0.05) is 16.8 Å². The zero-order valence-corrected chi connectivity index (χ0v) is 22.3. The molecule has 3 aromatic carbocycles. The van der Waals surface area contributed by atoms with Crippen LogP contribution in [0.5, 0.6) is 17.2 Å². The number of benzene rings is 3. The minimum absolute atomic E-state index is 0.00434. The molecule has 0 radical (unpaired) electrons. The molecule has 1 saturated heterocycles. The molecule has 0 atom stereocenters. The van der Waals surface area contributed by atoms with Gasteiger partial charge in [0.2, 0.25) is 6.79 Å². The number of anilines is 1. The fraction of sp³-hybridized carbons (Fsp3) is 0.148. The highest BCUT2D eigenvalue weighted by Gasteiger charge is 2.35. The van der Waals surface area contributed by atoms with E-state index in [9.17, 15) is 14.4 Å². The maximum atomic E-state index is 13.0. The number of fused-ring (bicyclic) bond motifs is 1. The lowest BCUT2D eigenvalue weighted by Crippen LogP contribution is -2.27. The predicted molar refractivity (Wildman–Crippen MR) is 146 cm³/mol. The third kappa shape index (κ3) is 5.75. The highest BCUT2D eigenvalue weighted by atomic mass is 35.5. The van der Waals surface area contributed by atoms with E-state index in [2.05, 4.69) is 5.32 Å². The van der Waals surface area contributed by atoms with Crippen molar-refractivity contribution in [3.63, 3.8) is 0 Å². The second-order valence-corrected chi connectivity index (χ2v) is 10.3. The van der Waals surface area contributed by atoms with Gasteiger partial charge < -0.3 is 19.5 Å². The summed E-state index contributed by atoms with van der Waals surface area (Å²) in [7, 11) is 0. The largest absolute Gasteiger partial charge is 0.482 e. The summed E-state index contributed by atoms with van der Waals surface area (Å²) in [6, 6.07) is 15.6. The van der Waals surface area contributed by atoms with Gasteiger partial charge in [-0.05, 0) is 71.8 Å². The molecule has 8 nitrogen and oxygen atoms in total. The van der Waals surface area contributed by atoms with Crippen LogP contribution in [0.3, 0.4) is 0 Å². The first-order valence-electron chi connectivity index (χ1n) is 11.4. The van der Waals surface area contributed by atoms with Crippen LogP contribution in [0.25, 0.3) is 6.08 Å². The number of rotatable bonds is 7. The number of halogens is 2. The van der Waals surface area contributed by atoms with Crippen LogP contribution in [-0.2, 0) is 16.1 Å². The molecule has 0 unspecified atom stereocenters. The minimum Gasteiger partial charge on any atom is -0.482 e. The summed E-state index contributed by atoms with van der Waals surface area (Å²) in [4.78, 5) is 39.2. The Hall–Kier alpha value is -3.66. The summed E-state index contributed by atoms with van der Waals surface area (Å²) >= 11 is 13.5. The van der Waals surface area contributed by atoms with Crippen molar-refractivity contribution in [3.8, 4) is 17.2 Å². The third-order valence-electron chi connectivity index (χ3n) is 5.66. The standard InChI is InChI=1S/C27H20Cl2N2O6S/c1-15-3-2-4-18(7-15)30-25(32)13-35-21-6-5-16(8-20(21)29)9-24-26(33)31(27(34)38-24)12-17-10-22-23(11-19(17)28)37-14-36-22/h2-11H,12-14H2,1H3,(H,30,32)/b24-9-. The Morgan fingerprint density at radius 2 is 1.87 bits per heavy atom. The molecule has 38 heavy (non-hydrogen) atoms. The van der Waals surface area contributed by atoms with Crippen molar-refractivity contribution in [3.05, 3.63) is 86.2 Å². The lowest BCUT2D eigenvalue weighted by atomic mass is 10.1. The van der Waals surface area contributed by atoms with Gasteiger partial charge in [-0.1, -0.05) is 41.4 Å². The summed E-state index contributed by atoms with van der Waals surface area (Å²) in [6.07, 6.45) is 1.58. The molecule has 0 aromatic heterocycles. The van der Waals surface area contributed by atoms with Gasteiger partial charge in [0.15, 0.2) is 18.1 Å². The number of ether oxygens (including phenoxy) is 3. The number of amides is 3. The molecule has 1 N–H and O–H groups in total. The molecule has 194 valence electrons. The van der Waals surface area contributed by atoms with Crippen LogP contribution in [0.4, 0.5) is 10.5 Å². The van der Waals surface area contributed by atoms with Gasteiger partial charge in [-0.3, -0.25) is 19.3 Å². The van der Waals surface area contributed by atoms with Crippen molar-refractivity contribution >= 4 is 63.8 Å². The van der Waals surface area contributed by atoms with E-state index in [0.717, 1.165) is 22.2 Å². The summed E-state index contributed by atoms with van der Waals surface area (Å²) in [6.45, 7) is 1.79. The number of hydrogen-bond donors (Lipinski definition) is 1. The molecule has 3 aromatic rings. The van der Waals surface area contributed by atoms with Crippen LogP contribution < -0.4 is 19.5 Å². The van der Waals surface area contributed by atoms with E-state index in [1.807, 2.05) is 25.1 Å². The van der Waals surface area contributed by atoms with Crippen molar-refractivity contribution in [1.29, 1.82) is 0 Å². The average Bonchev–Trinajstić information content (AvgIpc) is 3.42. The Bertz CT molecular complexity index is 1490. The SMILES string of the molecule is Cc1cccc(NC(=O)COc2ccc(/C=C3\SC(=O)N(Cc4cc5c(cc4Cl)OCO5)C3=O)cc2Cl)c1. The van der Waals surface area contributed by atoms with Gasteiger partial charge in [-0.2, -0.15) is 0 Å². The first-order chi connectivity index (χ1) is 18.3. The van der Waals surface area contributed by atoms with Crippen LogP contribution >= 0.6 is 35.0 Å². The van der Waals surface area contributed by atoms with E-state index in [1.54, 1.807) is 42.5 Å². The minimum atomic E-state index is -0.446. The molecule has 0 bridgehead atoms. The first kappa shape index (κ1) is 26.0. The van der Waals surface area contributed by atoms with Gasteiger partial charge in [0.1, 0.15) is 5.75 Å². The molecule has 2 aliphatic heterocycles. The molecular weight excluding hydrogens is 551 g/mol. The van der Waals surface area contributed by atoms with E-state index in [0.29, 0.717) is 39.1 Å². The van der Waals surface area contributed by atoms with E-state index < -0.39 is 11.1 Å². The van der Waals surface area contributed by atoms with E-state index in [-0.39, 0.29) is 35.8 Å². The van der Waals surface area contributed by atoms with Crippen molar-refractivity contribution in [2.75, 3.05) is 18.7 Å². The van der Waals surface area contributed by atoms with Crippen LogP contribution in [0, 0.1) is 6.92 Å². The molecule has 0 saturated carbocycles. The Morgan fingerprint density at radius 3 is 2.63 bits per heavy atom. The van der Waals surface area contributed by atoms with E-state index in [1.165, 1.54) is 0 Å². The molecule has 3 amide bonds. The lowest BCUT2D eigenvalue weighted by molar-refractivity contribution is -0.123. The topological polar surface area (TPSA) is 94.2 Å². The Morgan fingerprint density at radius 1 is 1.08 bits per heavy atom. The summed E-state index contributed by atoms with van der Waals surface area (Å²) in [5, 5.41) is 2.97. The van der Waals surface area contributed by atoms with Crippen LogP contribution in [0.15, 0.2) is 59.5 Å². The van der Waals surface area contributed by atoms with Crippen LogP contribution in [0.2, 0.25) is 10.0 Å². The number of nitrogens with one attached hydrogen (secondary N) is 1. The molecule has 2 heterocycles. The molecular formula is C27H20Cl2N2O6S. The molecule has 2 aliphatic rings. The maximum absolute atomic E-state index is 13.0. The molecule has 0 spiro atoms. The van der Waals surface area contributed by atoms with E-state index in [4.69, 9.17) is 37.4 Å². The normalized spacial score (nSPS) is 15.3. The second kappa shape index (κ2) is 11.0. The maximum Gasteiger partial charge on any atom is 0.293 e. The highest BCUT2D eigenvalue weighted by Crippen LogP contribution is 2.39. The van der Waals surface area contributed by atoms with Crippen molar-refractivity contribution in [1.82, 2.24) is 4.90 Å². The van der Waals surface area contributed by atoms with Gasteiger partial charge in [0.25, 0.3) is 17.1 Å². The summed E-state index contributed by atoms with van der Waals surface area (Å²) in [5.74, 6) is 0.569.